The molecule has 0 radical (unpaired) electrons. The highest BCUT2D eigenvalue weighted by Gasteiger charge is 2.16. The predicted molar refractivity (Wildman–Crippen MR) is 72.7 cm³/mol. The highest BCUT2D eigenvalue weighted by molar-refractivity contribution is 7.99. The number of esters is 1. The third-order valence-corrected chi connectivity index (χ3v) is 3.78. The standard InChI is InChI=1S/C12H14N4O3S/c1-8(11(18)19-2)7-20-12-13-14-15-16(12)9-3-5-10(17)6-4-9/h3-6,8,17H,7H2,1-2H3. The third-order valence-electron chi connectivity index (χ3n) is 2.60. The van der Waals surface area contributed by atoms with Gasteiger partial charge in [-0.25, -0.2) is 0 Å². The fourth-order valence-corrected chi connectivity index (χ4v) is 2.39. The molecule has 7 nitrogen and oxygen atoms in total. The van der Waals surface area contributed by atoms with E-state index in [0.717, 1.165) is 5.69 Å². The second-order valence-corrected chi connectivity index (χ2v) is 5.11. The van der Waals surface area contributed by atoms with Crippen molar-refractivity contribution in [3.8, 4) is 11.4 Å². The van der Waals surface area contributed by atoms with Crippen molar-refractivity contribution in [3.05, 3.63) is 24.3 Å². The van der Waals surface area contributed by atoms with E-state index in [0.29, 0.717) is 10.9 Å². The first-order valence-corrected chi connectivity index (χ1v) is 6.88. The van der Waals surface area contributed by atoms with Crippen molar-refractivity contribution in [2.75, 3.05) is 12.9 Å². The van der Waals surface area contributed by atoms with E-state index in [4.69, 9.17) is 0 Å². The number of hydrogen-bond donors (Lipinski definition) is 1. The largest absolute Gasteiger partial charge is 0.508 e. The molecule has 2 aromatic rings. The minimum absolute atomic E-state index is 0.176. The summed E-state index contributed by atoms with van der Waals surface area (Å²) in [5.41, 5.74) is 0.737. The third kappa shape index (κ3) is 3.27. The summed E-state index contributed by atoms with van der Waals surface area (Å²) in [6.07, 6.45) is 0. The molecule has 0 fully saturated rings. The molecule has 1 N–H and O–H groups in total. The first-order chi connectivity index (χ1) is 9.61. The van der Waals surface area contributed by atoms with Crippen LogP contribution in [0.1, 0.15) is 6.92 Å². The van der Waals surface area contributed by atoms with E-state index in [-0.39, 0.29) is 17.6 Å². The Bertz CT molecular complexity index is 585. The molecule has 0 aliphatic carbocycles. The van der Waals surface area contributed by atoms with Gasteiger partial charge in [0.25, 0.3) is 0 Å². The van der Waals surface area contributed by atoms with Crippen molar-refractivity contribution >= 4 is 17.7 Å². The molecule has 1 atom stereocenters. The number of hydrogen-bond acceptors (Lipinski definition) is 7. The molecule has 0 aliphatic rings. The molecule has 1 heterocycles. The number of tetrazole rings is 1. The van der Waals surface area contributed by atoms with Gasteiger partial charge in [0, 0.05) is 5.75 Å². The van der Waals surface area contributed by atoms with E-state index in [1.54, 1.807) is 35.9 Å². The van der Waals surface area contributed by atoms with Gasteiger partial charge in [-0.1, -0.05) is 18.7 Å². The van der Waals surface area contributed by atoms with E-state index in [1.165, 1.54) is 18.9 Å². The summed E-state index contributed by atoms with van der Waals surface area (Å²) in [6.45, 7) is 1.79. The van der Waals surface area contributed by atoms with E-state index >= 15 is 0 Å². The number of benzene rings is 1. The van der Waals surface area contributed by atoms with Crippen LogP contribution in [-0.4, -0.2) is 44.1 Å². The van der Waals surface area contributed by atoms with Gasteiger partial charge in [0.2, 0.25) is 5.16 Å². The van der Waals surface area contributed by atoms with Crippen molar-refractivity contribution in [1.29, 1.82) is 0 Å². The van der Waals surface area contributed by atoms with Crippen molar-refractivity contribution in [2.24, 2.45) is 5.92 Å². The maximum atomic E-state index is 11.3. The molecular formula is C12H14N4O3S. The number of rotatable bonds is 5. The van der Waals surface area contributed by atoms with Gasteiger partial charge in [-0.3, -0.25) is 4.79 Å². The maximum Gasteiger partial charge on any atom is 0.309 e. The fraction of sp³-hybridized carbons (Fsp3) is 0.333. The van der Waals surface area contributed by atoms with Gasteiger partial charge in [-0.15, -0.1) is 5.10 Å². The first kappa shape index (κ1) is 14.3. The van der Waals surface area contributed by atoms with Crippen LogP contribution in [0.2, 0.25) is 0 Å². The zero-order chi connectivity index (χ0) is 14.5. The number of phenolic OH excluding ortho intramolecular Hbond substituents is 1. The highest BCUT2D eigenvalue weighted by atomic mass is 32.2. The number of thioether (sulfide) groups is 1. The number of phenols is 1. The molecular weight excluding hydrogens is 280 g/mol. The van der Waals surface area contributed by atoms with Crippen LogP contribution in [0.3, 0.4) is 0 Å². The maximum absolute atomic E-state index is 11.3. The molecule has 2 rings (SSSR count). The monoisotopic (exact) mass is 294 g/mol. The number of carbonyl (C=O) groups is 1. The average molecular weight is 294 g/mol. The quantitative estimate of drug-likeness (QED) is 0.656. The smallest absolute Gasteiger partial charge is 0.309 e. The number of methoxy groups -OCH3 is 1. The summed E-state index contributed by atoms with van der Waals surface area (Å²) in [5, 5.41) is 21.3. The highest BCUT2D eigenvalue weighted by Crippen LogP contribution is 2.22. The molecule has 0 bridgehead atoms. The van der Waals surface area contributed by atoms with Gasteiger partial charge in [0.1, 0.15) is 5.75 Å². The van der Waals surface area contributed by atoms with Crippen molar-refractivity contribution in [1.82, 2.24) is 20.2 Å². The lowest BCUT2D eigenvalue weighted by Gasteiger charge is -2.08. The zero-order valence-corrected chi connectivity index (χ0v) is 11.9. The zero-order valence-electron chi connectivity index (χ0n) is 11.1. The van der Waals surface area contributed by atoms with Crippen LogP contribution in [-0.2, 0) is 9.53 Å². The molecule has 1 aromatic heterocycles. The molecule has 0 spiro atoms. The Morgan fingerprint density at radius 1 is 1.45 bits per heavy atom. The lowest BCUT2D eigenvalue weighted by Crippen LogP contribution is -2.15. The van der Waals surface area contributed by atoms with Crippen LogP contribution < -0.4 is 0 Å². The van der Waals surface area contributed by atoms with E-state index in [1.807, 2.05) is 0 Å². The van der Waals surface area contributed by atoms with Crippen LogP contribution in [0.15, 0.2) is 29.4 Å². The van der Waals surface area contributed by atoms with Crippen molar-refractivity contribution < 1.29 is 14.6 Å². The van der Waals surface area contributed by atoms with Gasteiger partial charge >= 0.3 is 5.97 Å². The van der Waals surface area contributed by atoms with E-state index < -0.39 is 0 Å². The summed E-state index contributed by atoms with van der Waals surface area (Å²) < 4.78 is 6.22. The van der Waals surface area contributed by atoms with Crippen LogP contribution in [0, 0.1) is 5.92 Å². The van der Waals surface area contributed by atoms with Gasteiger partial charge in [-0.2, -0.15) is 4.68 Å². The Morgan fingerprint density at radius 3 is 2.80 bits per heavy atom. The Balaban J connectivity index is 2.09. The molecule has 1 unspecified atom stereocenters. The summed E-state index contributed by atoms with van der Waals surface area (Å²) in [7, 11) is 1.37. The number of aromatic nitrogens is 4. The summed E-state index contributed by atoms with van der Waals surface area (Å²) in [5.74, 6) is 0.192. The van der Waals surface area contributed by atoms with Gasteiger partial charge in [0.05, 0.1) is 18.7 Å². The number of ether oxygens (including phenoxy) is 1. The summed E-state index contributed by atoms with van der Waals surface area (Å²) in [4.78, 5) is 11.3. The Morgan fingerprint density at radius 2 is 2.15 bits per heavy atom. The molecule has 1 aromatic carbocycles. The van der Waals surface area contributed by atoms with Gasteiger partial charge in [-0.05, 0) is 34.7 Å². The molecule has 20 heavy (non-hydrogen) atoms. The Kier molecular flexibility index (Phi) is 4.57. The lowest BCUT2D eigenvalue weighted by molar-refractivity contribution is -0.143. The number of nitrogens with zero attached hydrogens (tertiary/aromatic N) is 4. The Hall–Kier alpha value is -2.09. The lowest BCUT2D eigenvalue weighted by atomic mass is 10.2. The molecule has 0 saturated heterocycles. The fourth-order valence-electron chi connectivity index (χ4n) is 1.49. The Labute approximate surface area is 119 Å². The van der Waals surface area contributed by atoms with Crippen LogP contribution in [0.5, 0.6) is 5.75 Å². The summed E-state index contributed by atoms with van der Waals surface area (Å²) >= 11 is 1.37. The van der Waals surface area contributed by atoms with Crippen LogP contribution >= 0.6 is 11.8 Å². The normalized spacial score (nSPS) is 12.1. The number of carbonyl (C=O) groups excluding carboxylic acids is 1. The SMILES string of the molecule is COC(=O)C(C)CSc1nnnn1-c1ccc(O)cc1. The molecule has 0 amide bonds. The number of aromatic hydroxyl groups is 1. The van der Waals surface area contributed by atoms with Crippen LogP contribution in [0.25, 0.3) is 5.69 Å². The molecule has 8 heteroatoms. The minimum atomic E-state index is -0.263. The molecule has 0 saturated carbocycles. The second-order valence-electron chi connectivity index (χ2n) is 4.12. The molecule has 106 valence electrons. The van der Waals surface area contributed by atoms with Gasteiger partial charge < -0.3 is 9.84 Å². The van der Waals surface area contributed by atoms with E-state index in [2.05, 4.69) is 20.3 Å². The predicted octanol–water partition coefficient (Wildman–Crippen LogP) is 1.27. The van der Waals surface area contributed by atoms with Gasteiger partial charge in [0.15, 0.2) is 0 Å². The minimum Gasteiger partial charge on any atom is -0.508 e. The van der Waals surface area contributed by atoms with Crippen molar-refractivity contribution in [3.63, 3.8) is 0 Å². The van der Waals surface area contributed by atoms with E-state index in [9.17, 15) is 9.90 Å². The van der Waals surface area contributed by atoms with Crippen LogP contribution in [0.4, 0.5) is 0 Å². The first-order valence-electron chi connectivity index (χ1n) is 5.90. The molecule has 0 aliphatic heterocycles. The average Bonchev–Trinajstić information content (AvgIpc) is 2.93. The second kappa shape index (κ2) is 6.38. The van der Waals surface area contributed by atoms with Crippen molar-refractivity contribution in [2.45, 2.75) is 12.1 Å². The topological polar surface area (TPSA) is 90.1 Å². The summed E-state index contributed by atoms with van der Waals surface area (Å²) in [6, 6.07) is 6.53.